The minimum Gasteiger partial charge on any atom is -0.507 e. The van der Waals surface area contributed by atoms with Crippen molar-refractivity contribution in [2.24, 2.45) is 0 Å². The van der Waals surface area contributed by atoms with Gasteiger partial charge in [-0.2, -0.15) is 0 Å². The smallest absolute Gasteiger partial charge is 0.295 e. The third kappa shape index (κ3) is 4.17. The molecule has 1 aromatic heterocycles. The summed E-state index contributed by atoms with van der Waals surface area (Å²) in [6.07, 6.45) is 2.47. The predicted octanol–water partition coefficient (Wildman–Crippen LogP) is 5.49. The Bertz CT molecular complexity index is 1460. The minimum absolute atomic E-state index is 0.0458. The Kier molecular flexibility index (Phi) is 6.05. The number of nitrogens with zero attached hydrogens (tertiary/aromatic N) is 1. The second kappa shape index (κ2) is 9.31. The van der Waals surface area contributed by atoms with Crippen LogP contribution in [0, 0.1) is 0 Å². The summed E-state index contributed by atoms with van der Waals surface area (Å²) in [4.78, 5) is 31.3. The fourth-order valence-corrected chi connectivity index (χ4v) is 4.74. The first-order valence-electron chi connectivity index (χ1n) is 11.2. The molecule has 7 heteroatoms. The molecular formula is C28H23ClN2O4. The summed E-state index contributed by atoms with van der Waals surface area (Å²) in [6.45, 7) is 0.297. The van der Waals surface area contributed by atoms with Crippen molar-refractivity contribution in [3.05, 3.63) is 106 Å². The molecule has 0 saturated carbocycles. The van der Waals surface area contributed by atoms with E-state index in [0.717, 1.165) is 16.5 Å². The number of carbonyl (C=O) groups excluding carboxylic acids is 2. The molecule has 35 heavy (non-hydrogen) atoms. The van der Waals surface area contributed by atoms with Crippen LogP contribution < -0.4 is 4.74 Å². The summed E-state index contributed by atoms with van der Waals surface area (Å²) >= 11 is 6.00. The number of H-pyrrole nitrogens is 1. The fraction of sp³-hybridized carbons (Fsp3) is 0.143. The van der Waals surface area contributed by atoms with Gasteiger partial charge in [-0.25, -0.2) is 0 Å². The number of hydrogen-bond acceptors (Lipinski definition) is 4. The van der Waals surface area contributed by atoms with Crippen LogP contribution in [0.1, 0.15) is 22.7 Å². The van der Waals surface area contributed by atoms with E-state index in [1.165, 1.54) is 4.90 Å². The molecule has 5 rings (SSSR count). The van der Waals surface area contributed by atoms with Crippen LogP contribution in [0.25, 0.3) is 16.7 Å². The van der Waals surface area contributed by atoms with Crippen LogP contribution in [0.2, 0.25) is 5.02 Å². The van der Waals surface area contributed by atoms with Gasteiger partial charge >= 0.3 is 0 Å². The van der Waals surface area contributed by atoms with Crippen LogP contribution >= 0.6 is 11.6 Å². The highest BCUT2D eigenvalue weighted by atomic mass is 35.5. The number of benzene rings is 3. The molecule has 4 aromatic rings. The van der Waals surface area contributed by atoms with Gasteiger partial charge in [-0.05, 0) is 60.0 Å². The predicted molar refractivity (Wildman–Crippen MR) is 135 cm³/mol. The van der Waals surface area contributed by atoms with E-state index in [-0.39, 0.29) is 11.3 Å². The Hall–Kier alpha value is -4.03. The van der Waals surface area contributed by atoms with Gasteiger partial charge in [0.2, 0.25) is 0 Å². The molecule has 0 radical (unpaired) electrons. The van der Waals surface area contributed by atoms with Gasteiger partial charge in [0.15, 0.2) is 0 Å². The van der Waals surface area contributed by atoms with Crippen molar-refractivity contribution in [3.8, 4) is 5.75 Å². The summed E-state index contributed by atoms with van der Waals surface area (Å²) in [6, 6.07) is 20.9. The Labute approximate surface area is 207 Å². The SMILES string of the molecule is COc1cccc([C@@H]2C(=C(O)c3ccc(Cl)cc3)C(=O)C(=O)N2CCc2c[nH]c3ccccc23)c1. The van der Waals surface area contributed by atoms with Crippen LogP contribution in [0.3, 0.4) is 0 Å². The quantitative estimate of drug-likeness (QED) is 0.214. The first-order chi connectivity index (χ1) is 17.0. The number of aliphatic hydroxyl groups is 1. The van der Waals surface area contributed by atoms with Crippen LogP contribution in [0.15, 0.2) is 84.6 Å². The lowest BCUT2D eigenvalue weighted by molar-refractivity contribution is -0.139. The van der Waals surface area contributed by atoms with Gasteiger partial charge in [-0.1, -0.05) is 41.9 Å². The van der Waals surface area contributed by atoms with Crippen LogP contribution in [0.4, 0.5) is 0 Å². The number of ether oxygens (including phenoxy) is 1. The van der Waals surface area contributed by atoms with E-state index < -0.39 is 17.7 Å². The highest BCUT2D eigenvalue weighted by molar-refractivity contribution is 6.46. The van der Waals surface area contributed by atoms with E-state index in [4.69, 9.17) is 16.3 Å². The zero-order valence-electron chi connectivity index (χ0n) is 19.0. The molecule has 2 N–H and O–H groups in total. The number of para-hydroxylation sites is 1. The minimum atomic E-state index is -0.758. The molecule has 0 spiro atoms. The molecule has 1 saturated heterocycles. The lowest BCUT2D eigenvalue weighted by Crippen LogP contribution is -2.31. The van der Waals surface area contributed by atoms with Crippen molar-refractivity contribution in [2.45, 2.75) is 12.5 Å². The molecular weight excluding hydrogens is 464 g/mol. The number of hydrogen-bond donors (Lipinski definition) is 2. The maximum absolute atomic E-state index is 13.2. The van der Waals surface area contributed by atoms with Gasteiger partial charge < -0.3 is 19.7 Å². The molecule has 3 aromatic carbocycles. The number of Topliss-reactive ketones (excluding diaryl/α,β-unsaturated/α-hetero) is 1. The van der Waals surface area contributed by atoms with Crippen molar-refractivity contribution >= 4 is 40.0 Å². The van der Waals surface area contributed by atoms with Gasteiger partial charge in [0.05, 0.1) is 18.7 Å². The Morgan fingerprint density at radius 1 is 1.06 bits per heavy atom. The molecule has 1 amide bonds. The summed E-state index contributed by atoms with van der Waals surface area (Å²) in [5.74, 6) is -1.00. The molecule has 176 valence electrons. The van der Waals surface area contributed by atoms with E-state index in [2.05, 4.69) is 4.98 Å². The lowest BCUT2D eigenvalue weighted by atomic mass is 9.95. The van der Waals surface area contributed by atoms with E-state index in [0.29, 0.717) is 34.9 Å². The molecule has 1 aliphatic rings. The van der Waals surface area contributed by atoms with Crippen molar-refractivity contribution in [2.75, 3.05) is 13.7 Å². The van der Waals surface area contributed by atoms with Gasteiger partial charge in [-0.3, -0.25) is 9.59 Å². The third-order valence-electron chi connectivity index (χ3n) is 6.36. The van der Waals surface area contributed by atoms with Gasteiger partial charge in [0.1, 0.15) is 11.5 Å². The standard InChI is InChI=1S/C28H23ClN2O4/c1-35-21-6-4-5-18(15-21)25-24(26(32)17-9-11-20(29)12-10-17)27(33)28(34)31(25)14-13-19-16-30-23-8-3-2-7-22(19)23/h2-12,15-16,25,30,32H,13-14H2,1H3/t25-/m1/s1. The molecule has 0 bridgehead atoms. The molecule has 0 aliphatic carbocycles. The van der Waals surface area contributed by atoms with Crippen LogP contribution in [-0.4, -0.2) is 40.3 Å². The second-order valence-corrected chi connectivity index (χ2v) is 8.82. The number of carbonyl (C=O) groups is 2. The number of aromatic amines is 1. The summed E-state index contributed by atoms with van der Waals surface area (Å²) in [7, 11) is 1.56. The van der Waals surface area contributed by atoms with E-state index >= 15 is 0 Å². The Morgan fingerprint density at radius 3 is 2.60 bits per heavy atom. The monoisotopic (exact) mass is 486 g/mol. The number of methoxy groups -OCH3 is 1. The number of nitrogens with one attached hydrogen (secondary N) is 1. The Morgan fingerprint density at radius 2 is 1.83 bits per heavy atom. The lowest BCUT2D eigenvalue weighted by Gasteiger charge is -2.25. The molecule has 1 aliphatic heterocycles. The highest BCUT2D eigenvalue weighted by Crippen LogP contribution is 2.40. The second-order valence-electron chi connectivity index (χ2n) is 8.39. The number of aliphatic hydroxyl groups excluding tert-OH is 1. The molecule has 6 nitrogen and oxygen atoms in total. The van der Waals surface area contributed by atoms with Crippen LogP contribution in [0.5, 0.6) is 5.75 Å². The molecule has 2 heterocycles. The van der Waals surface area contributed by atoms with Crippen molar-refractivity contribution < 1.29 is 19.4 Å². The maximum atomic E-state index is 13.2. The van der Waals surface area contributed by atoms with E-state index in [9.17, 15) is 14.7 Å². The zero-order valence-corrected chi connectivity index (χ0v) is 19.8. The third-order valence-corrected chi connectivity index (χ3v) is 6.62. The molecule has 1 fully saturated rings. The average Bonchev–Trinajstić information content (AvgIpc) is 3.41. The number of aromatic nitrogens is 1. The average molecular weight is 487 g/mol. The normalized spacial score (nSPS) is 17.3. The zero-order chi connectivity index (χ0) is 24.5. The van der Waals surface area contributed by atoms with Crippen LogP contribution in [-0.2, 0) is 16.0 Å². The number of fused-ring (bicyclic) bond motifs is 1. The van der Waals surface area contributed by atoms with Gasteiger partial charge in [0.25, 0.3) is 11.7 Å². The molecule has 0 unspecified atom stereocenters. The van der Waals surface area contributed by atoms with Gasteiger partial charge in [0, 0.05) is 34.2 Å². The first kappa shape index (κ1) is 22.7. The number of amides is 1. The van der Waals surface area contributed by atoms with Crippen molar-refractivity contribution in [1.82, 2.24) is 9.88 Å². The molecule has 1 atom stereocenters. The van der Waals surface area contributed by atoms with Crippen molar-refractivity contribution in [3.63, 3.8) is 0 Å². The summed E-state index contributed by atoms with van der Waals surface area (Å²) < 4.78 is 5.38. The van der Waals surface area contributed by atoms with Gasteiger partial charge in [-0.15, -0.1) is 0 Å². The maximum Gasteiger partial charge on any atom is 0.295 e. The number of halogens is 1. The van der Waals surface area contributed by atoms with Crippen molar-refractivity contribution in [1.29, 1.82) is 0 Å². The number of likely N-dealkylation sites (tertiary alicyclic amines) is 1. The summed E-state index contributed by atoms with van der Waals surface area (Å²) in [5, 5.41) is 12.7. The van der Waals surface area contributed by atoms with E-state index in [1.807, 2.05) is 36.5 Å². The topological polar surface area (TPSA) is 82.6 Å². The number of rotatable bonds is 6. The van der Waals surface area contributed by atoms with E-state index in [1.54, 1.807) is 49.6 Å². The largest absolute Gasteiger partial charge is 0.507 e. The highest BCUT2D eigenvalue weighted by Gasteiger charge is 2.46. The number of ketones is 1. The summed E-state index contributed by atoms with van der Waals surface area (Å²) in [5.41, 5.74) is 3.20. The first-order valence-corrected chi connectivity index (χ1v) is 11.6. The Balaban J connectivity index is 1.58. The fourth-order valence-electron chi connectivity index (χ4n) is 4.61.